The van der Waals surface area contributed by atoms with E-state index < -0.39 is 0 Å². The van der Waals surface area contributed by atoms with Gasteiger partial charge in [-0.3, -0.25) is 4.79 Å². The van der Waals surface area contributed by atoms with Crippen LogP contribution in [0.15, 0.2) is 48.5 Å². The molecule has 24 heavy (non-hydrogen) atoms. The maximum atomic E-state index is 12.8. The van der Waals surface area contributed by atoms with Gasteiger partial charge in [0.05, 0.1) is 6.54 Å². The van der Waals surface area contributed by atoms with E-state index in [9.17, 15) is 4.79 Å². The van der Waals surface area contributed by atoms with Crippen LogP contribution in [0.25, 0.3) is 0 Å². The highest BCUT2D eigenvalue weighted by Gasteiger charge is 2.62. The van der Waals surface area contributed by atoms with Crippen molar-refractivity contribution in [3.05, 3.63) is 65.2 Å². The molecule has 0 bridgehead atoms. The van der Waals surface area contributed by atoms with Crippen molar-refractivity contribution in [2.24, 2.45) is 0 Å². The van der Waals surface area contributed by atoms with Crippen LogP contribution in [-0.2, 0) is 16.8 Å². The summed E-state index contributed by atoms with van der Waals surface area (Å²) in [4.78, 5) is 17.2. The molecule has 0 saturated carbocycles. The third kappa shape index (κ3) is 1.81. The van der Waals surface area contributed by atoms with Gasteiger partial charge < -0.3 is 9.80 Å². The molecule has 2 aromatic carbocycles. The summed E-state index contributed by atoms with van der Waals surface area (Å²) in [6.45, 7) is 10.0. The standard InChI is InChI=1S/C21H24N2O/c1-15-10-11-18-17(12-15)20(2,3)21(4)22(18)14-19(24)23(21)13-16-8-6-5-7-9-16/h5-12H,13-14H2,1-4H3/t21-/m1/s1. The summed E-state index contributed by atoms with van der Waals surface area (Å²) < 4.78 is 0. The van der Waals surface area contributed by atoms with E-state index in [1.807, 2.05) is 18.2 Å². The molecule has 0 aliphatic carbocycles. The normalized spacial score (nSPS) is 24.2. The van der Waals surface area contributed by atoms with E-state index in [4.69, 9.17) is 0 Å². The average molecular weight is 320 g/mol. The minimum Gasteiger partial charge on any atom is -0.338 e. The minimum atomic E-state index is -0.337. The molecular formula is C21H24N2O. The van der Waals surface area contributed by atoms with Gasteiger partial charge in [0, 0.05) is 17.6 Å². The zero-order valence-corrected chi connectivity index (χ0v) is 14.8. The molecule has 2 aliphatic heterocycles. The molecule has 0 aromatic heterocycles. The fourth-order valence-electron chi connectivity index (χ4n) is 4.41. The number of carbonyl (C=O) groups is 1. The second-order valence-corrected chi connectivity index (χ2v) is 7.72. The molecule has 0 unspecified atom stereocenters. The Morgan fingerprint density at radius 3 is 2.46 bits per heavy atom. The first-order chi connectivity index (χ1) is 11.4. The molecule has 124 valence electrons. The van der Waals surface area contributed by atoms with Crippen LogP contribution in [0.3, 0.4) is 0 Å². The number of fused-ring (bicyclic) bond motifs is 3. The quantitative estimate of drug-likeness (QED) is 0.839. The number of carbonyl (C=O) groups excluding carboxylic acids is 1. The summed E-state index contributed by atoms with van der Waals surface area (Å²) in [5.74, 6) is 0.209. The summed E-state index contributed by atoms with van der Waals surface area (Å²) in [7, 11) is 0. The Kier molecular flexibility index (Phi) is 3.08. The molecule has 3 nitrogen and oxygen atoms in total. The van der Waals surface area contributed by atoms with E-state index in [0.29, 0.717) is 13.1 Å². The van der Waals surface area contributed by atoms with Gasteiger partial charge in [-0.05, 0) is 31.0 Å². The lowest BCUT2D eigenvalue weighted by Crippen LogP contribution is -2.59. The third-order valence-electron chi connectivity index (χ3n) is 6.13. The molecule has 1 fully saturated rings. The molecule has 2 aromatic rings. The first kappa shape index (κ1) is 15.3. The van der Waals surface area contributed by atoms with E-state index in [2.05, 4.69) is 67.8 Å². The second kappa shape index (κ2) is 4.85. The minimum absolute atomic E-state index is 0.130. The lowest BCUT2D eigenvalue weighted by molar-refractivity contribution is -0.132. The maximum absolute atomic E-state index is 12.8. The number of anilines is 1. The van der Waals surface area contributed by atoms with E-state index in [-0.39, 0.29) is 17.0 Å². The van der Waals surface area contributed by atoms with Crippen LogP contribution in [-0.4, -0.2) is 23.0 Å². The number of nitrogens with zero attached hydrogens (tertiary/aromatic N) is 2. The predicted octanol–water partition coefficient (Wildman–Crippen LogP) is 3.85. The summed E-state index contributed by atoms with van der Waals surface area (Å²) in [5.41, 5.74) is 4.53. The Labute approximate surface area is 143 Å². The van der Waals surface area contributed by atoms with Gasteiger partial charge in [-0.25, -0.2) is 0 Å². The molecule has 4 rings (SSSR count). The summed E-state index contributed by atoms with van der Waals surface area (Å²) >= 11 is 0. The fourth-order valence-corrected chi connectivity index (χ4v) is 4.41. The third-order valence-corrected chi connectivity index (χ3v) is 6.13. The van der Waals surface area contributed by atoms with Crippen molar-refractivity contribution in [1.82, 2.24) is 4.90 Å². The van der Waals surface area contributed by atoms with Crippen molar-refractivity contribution in [3.8, 4) is 0 Å². The van der Waals surface area contributed by atoms with E-state index in [0.717, 1.165) is 0 Å². The molecule has 0 N–H and O–H groups in total. The zero-order valence-electron chi connectivity index (χ0n) is 14.8. The molecule has 2 heterocycles. The van der Waals surface area contributed by atoms with Crippen LogP contribution < -0.4 is 4.90 Å². The molecular weight excluding hydrogens is 296 g/mol. The van der Waals surface area contributed by atoms with Gasteiger partial charge in [-0.15, -0.1) is 0 Å². The Bertz CT molecular complexity index is 812. The van der Waals surface area contributed by atoms with Crippen molar-refractivity contribution >= 4 is 11.6 Å². The van der Waals surface area contributed by atoms with Crippen molar-refractivity contribution in [3.63, 3.8) is 0 Å². The molecule has 1 saturated heterocycles. The van der Waals surface area contributed by atoms with E-state index >= 15 is 0 Å². The number of amides is 1. The van der Waals surface area contributed by atoms with E-state index in [1.165, 1.54) is 22.4 Å². The van der Waals surface area contributed by atoms with Gasteiger partial charge >= 0.3 is 0 Å². The van der Waals surface area contributed by atoms with Gasteiger partial charge in [0.25, 0.3) is 0 Å². The van der Waals surface area contributed by atoms with Crippen LogP contribution in [0.5, 0.6) is 0 Å². The number of benzene rings is 2. The largest absolute Gasteiger partial charge is 0.338 e. The Balaban J connectivity index is 1.82. The SMILES string of the molecule is Cc1ccc2c(c1)C(C)(C)[C@@]1(C)N(Cc3ccccc3)C(=O)CN21. The monoisotopic (exact) mass is 320 g/mol. The first-order valence-electron chi connectivity index (χ1n) is 8.59. The number of hydrogen-bond acceptors (Lipinski definition) is 2. The van der Waals surface area contributed by atoms with Crippen LogP contribution in [0.4, 0.5) is 5.69 Å². The Morgan fingerprint density at radius 1 is 1.04 bits per heavy atom. The highest BCUT2D eigenvalue weighted by atomic mass is 16.2. The maximum Gasteiger partial charge on any atom is 0.244 e. The molecule has 0 radical (unpaired) electrons. The number of rotatable bonds is 2. The van der Waals surface area contributed by atoms with Gasteiger partial charge in [0.1, 0.15) is 5.66 Å². The summed E-state index contributed by atoms with van der Waals surface area (Å²) in [5, 5.41) is 0. The van der Waals surface area contributed by atoms with Crippen LogP contribution in [0.1, 0.15) is 37.5 Å². The van der Waals surface area contributed by atoms with Crippen molar-refractivity contribution in [2.45, 2.75) is 45.3 Å². The lowest BCUT2D eigenvalue weighted by atomic mass is 9.75. The van der Waals surface area contributed by atoms with E-state index in [1.54, 1.807) is 0 Å². The summed E-state index contributed by atoms with van der Waals surface area (Å²) in [6, 6.07) is 16.9. The zero-order chi connectivity index (χ0) is 17.1. The number of aryl methyl sites for hydroxylation is 1. The fraction of sp³-hybridized carbons (Fsp3) is 0.381. The van der Waals surface area contributed by atoms with Gasteiger partial charge in [-0.2, -0.15) is 0 Å². The van der Waals surface area contributed by atoms with Gasteiger partial charge in [-0.1, -0.05) is 61.9 Å². The molecule has 1 atom stereocenters. The smallest absolute Gasteiger partial charge is 0.244 e. The van der Waals surface area contributed by atoms with Crippen molar-refractivity contribution in [2.75, 3.05) is 11.4 Å². The van der Waals surface area contributed by atoms with Gasteiger partial charge in [0.2, 0.25) is 5.91 Å². The molecule has 0 spiro atoms. The van der Waals surface area contributed by atoms with Crippen LogP contribution in [0, 0.1) is 6.92 Å². The Hall–Kier alpha value is -2.29. The summed E-state index contributed by atoms with van der Waals surface area (Å²) in [6.07, 6.45) is 0. The van der Waals surface area contributed by atoms with Gasteiger partial charge in [0.15, 0.2) is 0 Å². The average Bonchev–Trinajstić information content (AvgIpc) is 2.90. The molecule has 1 amide bonds. The molecule has 2 aliphatic rings. The lowest BCUT2D eigenvalue weighted by Gasteiger charge is -2.46. The number of hydrogen-bond donors (Lipinski definition) is 0. The highest BCUT2D eigenvalue weighted by Crippen LogP contribution is 2.55. The van der Waals surface area contributed by atoms with Crippen molar-refractivity contribution < 1.29 is 4.79 Å². The Morgan fingerprint density at radius 2 is 1.75 bits per heavy atom. The topological polar surface area (TPSA) is 23.6 Å². The van der Waals surface area contributed by atoms with Crippen LogP contribution in [0.2, 0.25) is 0 Å². The molecule has 3 heteroatoms. The van der Waals surface area contributed by atoms with Crippen molar-refractivity contribution in [1.29, 1.82) is 0 Å². The first-order valence-corrected chi connectivity index (χ1v) is 8.59. The van der Waals surface area contributed by atoms with Crippen LogP contribution >= 0.6 is 0 Å². The predicted molar refractivity (Wildman–Crippen MR) is 96.9 cm³/mol. The highest BCUT2D eigenvalue weighted by molar-refractivity contribution is 5.90. The second-order valence-electron chi connectivity index (χ2n) is 7.72.